The highest BCUT2D eigenvalue weighted by Crippen LogP contribution is 2.27. The van der Waals surface area contributed by atoms with Crippen molar-refractivity contribution >= 4 is 17.0 Å². The molecule has 0 saturated carbocycles. The molecule has 2 aromatic rings. The van der Waals surface area contributed by atoms with Crippen LogP contribution >= 0.6 is 11.3 Å². The van der Waals surface area contributed by atoms with Crippen LogP contribution in [0, 0.1) is 5.92 Å². The molecule has 0 aliphatic carbocycles. The third kappa shape index (κ3) is 3.57. The summed E-state index contributed by atoms with van der Waals surface area (Å²) < 4.78 is 5.22. The van der Waals surface area contributed by atoms with Gasteiger partial charge in [-0.2, -0.15) is 11.3 Å². The number of hydrogen-bond donors (Lipinski definition) is 1. The number of nitrogens with two attached hydrogens (primary N) is 1. The molecule has 3 nitrogen and oxygen atoms in total. The first-order chi connectivity index (χ1) is 10.2. The fraction of sp³-hybridized carbons (Fsp3) is 0.412. The number of methoxy groups -OCH3 is 1. The van der Waals surface area contributed by atoms with Gasteiger partial charge in [0.1, 0.15) is 5.75 Å². The number of rotatable bonds is 4. The molecule has 4 heteroatoms. The maximum atomic E-state index is 6.26. The van der Waals surface area contributed by atoms with Crippen molar-refractivity contribution in [3.05, 3.63) is 46.7 Å². The minimum atomic E-state index is 0.266. The number of hydrogen-bond acceptors (Lipinski definition) is 4. The third-order valence-corrected chi connectivity index (χ3v) is 4.80. The van der Waals surface area contributed by atoms with Crippen LogP contribution in [0.4, 0.5) is 5.69 Å². The zero-order chi connectivity index (χ0) is 14.7. The molecule has 1 fully saturated rings. The van der Waals surface area contributed by atoms with Gasteiger partial charge in [-0.05, 0) is 47.9 Å². The van der Waals surface area contributed by atoms with Gasteiger partial charge >= 0.3 is 0 Å². The monoisotopic (exact) mass is 302 g/mol. The van der Waals surface area contributed by atoms with Crippen LogP contribution in [0.2, 0.25) is 0 Å². The summed E-state index contributed by atoms with van der Waals surface area (Å²) in [6, 6.07) is 10.8. The lowest BCUT2D eigenvalue weighted by atomic mass is 9.89. The largest absolute Gasteiger partial charge is 0.497 e. The van der Waals surface area contributed by atoms with E-state index in [1.54, 1.807) is 18.4 Å². The van der Waals surface area contributed by atoms with Crippen molar-refractivity contribution in [3.8, 4) is 5.75 Å². The second kappa shape index (κ2) is 6.50. The summed E-state index contributed by atoms with van der Waals surface area (Å²) in [5, 5.41) is 4.34. The molecule has 0 radical (unpaired) electrons. The van der Waals surface area contributed by atoms with Crippen molar-refractivity contribution < 1.29 is 4.74 Å². The lowest BCUT2D eigenvalue weighted by molar-refractivity contribution is 0.374. The molecule has 1 aliphatic heterocycles. The molecule has 1 aromatic carbocycles. The molecule has 0 amide bonds. The summed E-state index contributed by atoms with van der Waals surface area (Å²) in [7, 11) is 1.70. The summed E-state index contributed by atoms with van der Waals surface area (Å²) >= 11 is 1.75. The van der Waals surface area contributed by atoms with E-state index in [0.717, 1.165) is 31.7 Å². The molecule has 1 aromatic heterocycles. The Bertz CT molecular complexity index is 553. The first-order valence-corrected chi connectivity index (χ1v) is 8.34. The van der Waals surface area contributed by atoms with E-state index in [1.807, 2.05) is 12.1 Å². The molecular formula is C17H22N2OS. The number of thiophene rings is 1. The molecule has 2 N–H and O–H groups in total. The van der Waals surface area contributed by atoms with E-state index < -0.39 is 0 Å². The van der Waals surface area contributed by atoms with Crippen LogP contribution in [0.3, 0.4) is 0 Å². The van der Waals surface area contributed by atoms with Gasteiger partial charge in [0.05, 0.1) is 7.11 Å². The number of ether oxygens (including phenoxy) is 1. The minimum Gasteiger partial charge on any atom is -0.497 e. The average molecular weight is 302 g/mol. The van der Waals surface area contributed by atoms with Gasteiger partial charge in [-0.15, -0.1) is 0 Å². The third-order valence-electron chi connectivity index (χ3n) is 4.12. The van der Waals surface area contributed by atoms with Crippen LogP contribution in [0.25, 0.3) is 0 Å². The van der Waals surface area contributed by atoms with Crippen LogP contribution in [0.5, 0.6) is 5.75 Å². The number of anilines is 1. The summed E-state index contributed by atoms with van der Waals surface area (Å²) in [5.41, 5.74) is 8.94. The molecule has 2 unspecified atom stereocenters. The average Bonchev–Trinajstić information content (AvgIpc) is 3.02. The van der Waals surface area contributed by atoms with Crippen LogP contribution in [-0.2, 0) is 6.42 Å². The minimum absolute atomic E-state index is 0.266. The Kier molecular flexibility index (Phi) is 4.46. The Morgan fingerprint density at radius 1 is 1.24 bits per heavy atom. The SMILES string of the molecule is COc1ccc(CC2CC(N)CN(c3ccsc3)C2)cc1. The van der Waals surface area contributed by atoms with Crippen molar-refractivity contribution in [3.63, 3.8) is 0 Å². The van der Waals surface area contributed by atoms with Gasteiger partial charge in [0.15, 0.2) is 0 Å². The highest BCUT2D eigenvalue weighted by atomic mass is 32.1. The summed E-state index contributed by atoms with van der Waals surface area (Å²) in [5.74, 6) is 1.53. The second-order valence-electron chi connectivity index (χ2n) is 5.80. The molecule has 2 atom stereocenters. The summed E-state index contributed by atoms with van der Waals surface area (Å²) in [6.45, 7) is 2.06. The lowest BCUT2D eigenvalue weighted by Crippen LogP contribution is -2.47. The molecule has 0 spiro atoms. The van der Waals surface area contributed by atoms with E-state index in [1.165, 1.54) is 11.3 Å². The lowest BCUT2D eigenvalue weighted by Gasteiger charge is -2.37. The van der Waals surface area contributed by atoms with Gasteiger partial charge in [-0.3, -0.25) is 0 Å². The van der Waals surface area contributed by atoms with Gasteiger partial charge in [-0.1, -0.05) is 12.1 Å². The molecular weight excluding hydrogens is 280 g/mol. The zero-order valence-electron chi connectivity index (χ0n) is 12.4. The summed E-state index contributed by atoms with van der Waals surface area (Å²) in [6.07, 6.45) is 2.19. The first kappa shape index (κ1) is 14.4. The second-order valence-corrected chi connectivity index (χ2v) is 6.58. The standard InChI is InChI=1S/C17H22N2OS/c1-20-17-4-2-13(3-5-17)8-14-9-15(18)11-19(10-14)16-6-7-21-12-16/h2-7,12,14-15H,8-11,18H2,1H3. The van der Waals surface area contributed by atoms with E-state index in [0.29, 0.717) is 5.92 Å². The van der Waals surface area contributed by atoms with E-state index in [2.05, 4.69) is 33.9 Å². The van der Waals surface area contributed by atoms with E-state index in [9.17, 15) is 0 Å². The Balaban J connectivity index is 1.66. The van der Waals surface area contributed by atoms with Gasteiger partial charge in [-0.25, -0.2) is 0 Å². The molecule has 3 rings (SSSR count). The molecule has 2 heterocycles. The number of piperidine rings is 1. The topological polar surface area (TPSA) is 38.5 Å². The summed E-state index contributed by atoms with van der Waals surface area (Å²) in [4.78, 5) is 2.43. The smallest absolute Gasteiger partial charge is 0.118 e. The molecule has 0 bridgehead atoms. The fourth-order valence-corrected chi connectivity index (χ4v) is 3.80. The van der Waals surface area contributed by atoms with Crippen molar-refractivity contribution in [2.45, 2.75) is 18.9 Å². The fourth-order valence-electron chi connectivity index (χ4n) is 3.14. The quantitative estimate of drug-likeness (QED) is 0.943. The molecule has 112 valence electrons. The normalized spacial score (nSPS) is 22.3. The predicted molar refractivity (Wildman–Crippen MR) is 89.3 cm³/mol. The predicted octanol–water partition coefficient (Wildman–Crippen LogP) is 3.15. The van der Waals surface area contributed by atoms with Crippen LogP contribution in [-0.4, -0.2) is 26.2 Å². The van der Waals surface area contributed by atoms with Gasteiger partial charge in [0.2, 0.25) is 0 Å². The molecule has 1 aliphatic rings. The van der Waals surface area contributed by atoms with Gasteiger partial charge < -0.3 is 15.4 Å². The maximum Gasteiger partial charge on any atom is 0.118 e. The van der Waals surface area contributed by atoms with Crippen LogP contribution in [0.1, 0.15) is 12.0 Å². The van der Waals surface area contributed by atoms with Crippen molar-refractivity contribution in [2.24, 2.45) is 11.7 Å². The van der Waals surface area contributed by atoms with Crippen molar-refractivity contribution in [1.82, 2.24) is 0 Å². The first-order valence-electron chi connectivity index (χ1n) is 7.40. The zero-order valence-corrected chi connectivity index (χ0v) is 13.2. The number of benzene rings is 1. The maximum absolute atomic E-state index is 6.26. The Morgan fingerprint density at radius 3 is 2.71 bits per heavy atom. The van der Waals surface area contributed by atoms with Gasteiger partial charge in [0, 0.05) is 30.2 Å². The Labute approximate surface area is 130 Å². The van der Waals surface area contributed by atoms with Gasteiger partial charge in [0.25, 0.3) is 0 Å². The van der Waals surface area contributed by atoms with Crippen molar-refractivity contribution in [2.75, 3.05) is 25.1 Å². The van der Waals surface area contributed by atoms with E-state index >= 15 is 0 Å². The molecule has 21 heavy (non-hydrogen) atoms. The highest BCUT2D eigenvalue weighted by Gasteiger charge is 2.25. The molecule has 1 saturated heterocycles. The Hall–Kier alpha value is -1.52. The number of nitrogens with zero attached hydrogens (tertiary/aromatic N) is 1. The Morgan fingerprint density at radius 2 is 2.05 bits per heavy atom. The van der Waals surface area contributed by atoms with Crippen LogP contribution < -0.4 is 15.4 Å². The van der Waals surface area contributed by atoms with E-state index in [-0.39, 0.29) is 6.04 Å². The van der Waals surface area contributed by atoms with E-state index in [4.69, 9.17) is 10.5 Å². The van der Waals surface area contributed by atoms with Crippen LogP contribution in [0.15, 0.2) is 41.1 Å². The highest BCUT2D eigenvalue weighted by molar-refractivity contribution is 7.08. The van der Waals surface area contributed by atoms with Crippen molar-refractivity contribution in [1.29, 1.82) is 0 Å².